The van der Waals surface area contributed by atoms with Crippen LogP contribution in [0.25, 0.3) is 0 Å². The van der Waals surface area contributed by atoms with Crippen molar-refractivity contribution in [3.05, 3.63) is 34.2 Å². The van der Waals surface area contributed by atoms with Gasteiger partial charge in [-0.25, -0.2) is 0 Å². The standard InChI is InChI=1S/C14H20N2O5/c17-9-14(4-6-21-7-5-14)13(20)15-8-11(18)10-2-1-3-12(19)16-10/h1-3,11,17-18H,4-9H2,(H,15,20)(H,16,19). The molecule has 1 aromatic rings. The molecule has 7 nitrogen and oxygen atoms in total. The van der Waals surface area contributed by atoms with Crippen molar-refractivity contribution in [3.8, 4) is 0 Å². The second kappa shape index (κ2) is 6.84. The summed E-state index contributed by atoms with van der Waals surface area (Å²) in [7, 11) is 0. The number of amides is 1. The topological polar surface area (TPSA) is 112 Å². The van der Waals surface area contributed by atoms with Crippen LogP contribution in [0.5, 0.6) is 0 Å². The number of pyridine rings is 1. The minimum absolute atomic E-state index is 0.0264. The molecule has 1 aliphatic rings. The Morgan fingerprint density at radius 2 is 2.14 bits per heavy atom. The maximum atomic E-state index is 12.2. The number of hydrogen-bond donors (Lipinski definition) is 4. The molecule has 1 saturated heterocycles. The highest BCUT2D eigenvalue weighted by atomic mass is 16.5. The molecular formula is C14H20N2O5. The molecule has 1 atom stereocenters. The van der Waals surface area contributed by atoms with Gasteiger partial charge in [0.1, 0.15) is 6.10 Å². The normalized spacial score (nSPS) is 19.0. The van der Waals surface area contributed by atoms with Gasteiger partial charge in [0.15, 0.2) is 0 Å². The Labute approximate surface area is 122 Å². The van der Waals surface area contributed by atoms with E-state index in [1.165, 1.54) is 12.1 Å². The second-order valence-corrected chi connectivity index (χ2v) is 5.25. The molecule has 1 aliphatic heterocycles. The highest BCUT2D eigenvalue weighted by molar-refractivity contribution is 5.82. The first kappa shape index (κ1) is 15.7. The zero-order valence-electron chi connectivity index (χ0n) is 11.7. The van der Waals surface area contributed by atoms with E-state index in [9.17, 15) is 19.8 Å². The molecule has 0 aliphatic carbocycles. The second-order valence-electron chi connectivity index (χ2n) is 5.25. The van der Waals surface area contributed by atoms with Crippen molar-refractivity contribution in [1.29, 1.82) is 0 Å². The maximum absolute atomic E-state index is 12.2. The predicted octanol–water partition coefficient (Wildman–Crippen LogP) is -0.686. The van der Waals surface area contributed by atoms with Crippen molar-refractivity contribution in [1.82, 2.24) is 10.3 Å². The van der Waals surface area contributed by atoms with Gasteiger partial charge in [-0.2, -0.15) is 0 Å². The summed E-state index contributed by atoms with van der Waals surface area (Å²) in [6.45, 7) is 0.590. The number of rotatable bonds is 5. The molecule has 2 heterocycles. The van der Waals surface area contributed by atoms with Gasteiger partial charge in [-0.3, -0.25) is 9.59 Å². The van der Waals surface area contributed by atoms with Crippen molar-refractivity contribution >= 4 is 5.91 Å². The minimum Gasteiger partial charge on any atom is -0.395 e. The average Bonchev–Trinajstić information content (AvgIpc) is 2.52. The number of aliphatic hydroxyl groups is 2. The third kappa shape index (κ3) is 3.69. The third-order valence-corrected chi connectivity index (χ3v) is 3.84. The summed E-state index contributed by atoms with van der Waals surface area (Å²) in [6.07, 6.45) is -0.0975. The Morgan fingerprint density at radius 1 is 1.43 bits per heavy atom. The third-order valence-electron chi connectivity index (χ3n) is 3.84. The van der Waals surface area contributed by atoms with Gasteiger partial charge in [-0.05, 0) is 18.9 Å². The Kier molecular flexibility index (Phi) is 5.11. The summed E-state index contributed by atoms with van der Waals surface area (Å²) in [5.41, 5.74) is -0.816. The van der Waals surface area contributed by atoms with E-state index in [0.29, 0.717) is 31.7 Å². The monoisotopic (exact) mass is 296 g/mol. The summed E-state index contributed by atoms with van der Waals surface area (Å²) in [4.78, 5) is 25.9. The molecule has 0 radical (unpaired) electrons. The van der Waals surface area contributed by atoms with Gasteiger partial charge in [0.05, 0.1) is 12.0 Å². The fourth-order valence-corrected chi connectivity index (χ4v) is 2.37. The van der Waals surface area contributed by atoms with E-state index in [0.717, 1.165) is 0 Å². The molecule has 0 bridgehead atoms. The van der Waals surface area contributed by atoms with Crippen LogP contribution in [0, 0.1) is 5.41 Å². The Balaban J connectivity index is 1.95. The van der Waals surface area contributed by atoms with Gasteiger partial charge < -0.3 is 25.3 Å². The van der Waals surface area contributed by atoms with Gasteiger partial charge in [0.25, 0.3) is 0 Å². The van der Waals surface area contributed by atoms with E-state index in [1.54, 1.807) is 6.07 Å². The first-order chi connectivity index (χ1) is 10.1. The van der Waals surface area contributed by atoms with Crippen LogP contribution in [0.4, 0.5) is 0 Å². The van der Waals surface area contributed by atoms with Crippen LogP contribution in [0.2, 0.25) is 0 Å². The quantitative estimate of drug-likeness (QED) is 0.575. The van der Waals surface area contributed by atoms with E-state index in [-0.39, 0.29) is 24.6 Å². The molecule has 1 unspecified atom stereocenters. The molecule has 1 amide bonds. The van der Waals surface area contributed by atoms with Gasteiger partial charge in [0.2, 0.25) is 11.5 Å². The SMILES string of the molecule is O=C(NCC(O)c1cccc(=O)[nH]1)C1(CO)CCOCC1. The van der Waals surface area contributed by atoms with Crippen molar-refractivity contribution in [2.45, 2.75) is 18.9 Å². The molecule has 7 heteroatoms. The number of aliphatic hydroxyl groups excluding tert-OH is 2. The van der Waals surface area contributed by atoms with Crippen LogP contribution in [0.3, 0.4) is 0 Å². The lowest BCUT2D eigenvalue weighted by Gasteiger charge is -2.34. The van der Waals surface area contributed by atoms with E-state index in [4.69, 9.17) is 4.74 Å². The van der Waals surface area contributed by atoms with Gasteiger partial charge >= 0.3 is 0 Å². The highest BCUT2D eigenvalue weighted by Crippen LogP contribution is 2.30. The van der Waals surface area contributed by atoms with E-state index in [2.05, 4.69) is 10.3 Å². The average molecular weight is 296 g/mol. The maximum Gasteiger partial charge on any atom is 0.248 e. The lowest BCUT2D eigenvalue weighted by Crippen LogP contribution is -2.48. The molecule has 0 aromatic carbocycles. The highest BCUT2D eigenvalue weighted by Gasteiger charge is 2.39. The largest absolute Gasteiger partial charge is 0.395 e. The molecule has 0 spiro atoms. The van der Waals surface area contributed by atoms with Crippen molar-refractivity contribution in [2.75, 3.05) is 26.4 Å². The summed E-state index contributed by atoms with van der Waals surface area (Å²) >= 11 is 0. The fourth-order valence-electron chi connectivity index (χ4n) is 2.37. The molecule has 4 N–H and O–H groups in total. The van der Waals surface area contributed by atoms with Crippen molar-refractivity contribution < 1.29 is 19.7 Å². The predicted molar refractivity (Wildman–Crippen MR) is 74.6 cm³/mol. The Hall–Kier alpha value is -1.70. The zero-order valence-corrected chi connectivity index (χ0v) is 11.7. The molecule has 2 rings (SSSR count). The Morgan fingerprint density at radius 3 is 2.76 bits per heavy atom. The summed E-state index contributed by atoms with van der Waals surface area (Å²) in [5, 5.41) is 22.1. The number of carbonyl (C=O) groups is 1. The smallest absolute Gasteiger partial charge is 0.248 e. The lowest BCUT2D eigenvalue weighted by atomic mass is 9.80. The molecule has 1 fully saturated rings. The van der Waals surface area contributed by atoms with E-state index < -0.39 is 11.5 Å². The summed E-state index contributed by atoms with van der Waals surface area (Å²) in [6, 6.07) is 4.46. The van der Waals surface area contributed by atoms with Crippen LogP contribution in [-0.4, -0.2) is 47.5 Å². The van der Waals surface area contributed by atoms with Crippen LogP contribution in [0.15, 0.2) is 23.0 Å². The van der Waals surface area contributed by atoms with Gasteiger partial charge in [-0.1, -0.05) is 6.07 Å². The lowest BCUT2D eigenvalue weighted by molar-refractivity contribution is -0.140. The summed E-state index contributed by atoms with van der Waals surface area (Å²) < 4.78 is 5.20. The van der Waals surface area contributed by atoms with Crippen molar-refractivity contribution in [2.24, 2.45) is 5.41 Å². The van der Waals surface area contributed by atoms with Gasteiger partial charge in [0, 0.05) is 31.5 Å². The number of aromatic nitrogens is 1. The number of H-pyrrole nitrogens is 1. The summed E-state index contributed by atoms with van der Waals surface area (Å²) in [5.74, 6) is -0.300. The number of aromatic amines is 1. The van der Waals surface area contributed by atoms with Gasteiger partial charge in [-0.15, -0.1) is 0 Å². The minimum atomic E-state index is -1.00. The first-order valence-corrected chi connectivity index (χ1v) is 6.92. The van der Waals surface area contributed by atoms with Crippen LogP contribution < -0.4 is 10.9 Å². The van der Waals surface area contributed by atoms with Crippen LogP contribution in [-0.2, 0) is 9.53 Å². The zero-order chi connectivity index (χ0) is 15.3. The molecule has 116 valence electrons. The first-order valence-electron chi connectivity index (χ1n) is 6.92. The van der Waals surface area contributed by atoms with Crippen LogP contribution >= 0.6 is 0 Å². The molecular weight excluding hydrogens is 276 g/mol. The van der Waals surface area contributed by atoms with E-state index in [1.807, 2.05) is 0 Å². The van der Waals surface area contributed by atoms with Crippen LogP contribution in [0.1, 0.15) is 24.6 Å². The number of ether oxygens (including phenoxy) is 1. The van der Waals surface area contributed by atoms with Crippen molar-refractivity contribution in [3.63, 3.8) is 0 Å². The number of carbonyl (C=O) groups excluding carboxylic acids is 1. The number of hydrogen-bond acceptors (Lipinski definition) is 5. The molecule has 21 heavy (non-hydrogen) atoms. The number of nitrogens with one attached hydrogen (secondary N) is 2. The Bertz CT molecular complexity index is 536. The molecule has 0 saturated carbocycles. The fraction of sp³-hybridized carbons (Fsp3) is 0.571. The molecule has 1 aromatic heterocycles. The van der Waals surface area contributed by atoms with E-state index >= 15 is 0 Å².